The van der Waals surface area contributed by atoms with Crippen LogP contribution in [0.25, 0.3) is 0 Å². The molecule has 0 aliphatic carbocycles. The van der Waals surface area contributed by atoms with Crippen molar-refractivity contribution in [3.05, 3.63) is 58.6 Å². The number of nitrogens with zero attached hydrogens (tertiary/aromatic N) is 1. The van der Waals surface area contributed by atoms with E-state index in [2.05, 4.69) is 0 Å². The summed E-state index contributed by atoms with van der Waals surface area (Å²) in [4.78, 5) is 12.5. The number of morpholine rings is 1. The second-order valence-corrected chi connectivity index (χ2v) is 8.46. The summed E-state index contributed by atoms with van der Waals surface area (Å²) in [6.45, 7) is 1.29. The summed E-state index contributed by atoms with van der Waals surface area (Å²) >= 11 is 5.94. The van der Waals surface area contributed by atoms with Gasteiger partial charge in [0.2, 0.25) is 10.0 Å². The summed E-state index contributed by atoms with van der Waals surface area (Å²) < 4.78 is 42.6. The Morgan fingerprint density at radius 3 is 2.64 bits per heavy atom. The zero-order chi connectivity index (χ0) is 20.1. The lowest BCUT2D eigenvalue weighted by Gasteiger charge is -2.26. The van der Waals surface area contributed by atoms with Crippen LogP contribution in [0.5, 0.6) is 5.75 Å². The largest absolute Gasteiger partial charge is 0.496 e. The first-order chi connectivity index (χ1) is 13.4. The highest BCUT2D eigenvalue weighted by Crippen LogP contribution is 2.24. The number of rotatable bonds is 6. The average molecular weight is 426 g/mol. The van der Waals surface area contributed by atoms with Gasteiger partial charge in [-0.2, -0.15) is 4.31 Å². The van der Waals surface area contributed by atoms with Crippen LogP contribution in [0, 0.1) is 0 Å². The second-order valence-electron chi connectivity index (χ2n) is 6.08. The quantitative estimate of drug-likeness (QED) is 0.662. The summed E-state index contributed by atoms with van der Waals surface area (Å²) in [5, 5.41) is 0.381. The third-order valence-corrected chi connectivity index (χ3v) is 6.39. The zero-order valence-corrected chi connectivity index (χ0v) is 16.8. The van der Waals surface area contributed by atoms with Crippen LogP contribution in [0.4, 0.5) is 0 Å². The zero-order valence-electron chi connectivity index (χ0n) is 15.3. The van der Waals surface area contributed by atoms with Crippen LogP contribution in [-0.2, 0) is 26.1 Å². The number of carbonyl (C=O) groups excluding carboxylic acids is 1. The van der Waals surface area contributed by atoms with Crippen LogP contribution in [0.2, 0.25) is 5.02 Å². The van der Waals surface area contributed by atoms with Crippen LogP contribution in [0.3, 0.4) is 0 Å². The minimum Gasteiger partial charge on any atom is -0.496 e. The van der Waals surface area contributed by atoms with Gasteiger partial charge in [0, 0.05) is 18.1 Å². The van der Waals surface area contributed by atoms with Crippen molar-refractivity contribution in [1.82, 2.24) is 4.31 Å². The standard InChI is InChI=1S/C19H20ClNO6S/c1-25-18-6-5-15(20)12-17(18)19(22)27-13-14-3-2-4-16(11-14)28(23,24)21-7-9-26-10-8-21/h2-6,11-12H,7-10,13H2,1H3. The Balaban J connectivity index is 1.73. The Bertz CT molecular complexity index is 957. The van der Waals surface area contributed by atoms with Gasteiger partial charge in [-0.25, -0.2) is 13.2 Å². The fraction of sp³-hybridized carbons (Fsp3) is 0.316. The first kappa shape index (κ1) is 20.6. The maximum absolute atomic E-state index is 12.8. The third kappa shape index (κ3) is 4.64. The number of hydrogen-bond acceptors (Lipinski definition) is 6. The van der Waals surface area contributed by atoms with Gasteiger partial charge in [0.05, 0.1) is 25.2 Å². The molecule has 2 aromatic rings. The minimum absolute atomic E-state index is 0.0824. The van der Waals surface area contributed by atoms with Crippen molar-refractivity contribution in [2.24, 2.45) is 0 Å². The predicted molar refractivity (Wildman–Crippen MR) is 103 cm³/mol. The van der Waals surface area contributed by atoms with E-state index in [-0.39, 0.29) is 17.1 Å². The molecule has 1 heterocycles. The van der Waals surface area contributed by atoms with Crippen LogP contribution in [0.15, 0.2) is 47.4 Å². The molecule has 0 amide bonds. The van der Waals surface area contributed by atoms with E-state index < -0.39 is 16.0 Å². The maximum Gasteiger partial charge on any atom is 0.342 e. The Morgan fingerprint density at radius 2 is 1.93 bits per heavy atom. The lowest BCUT2D eigenvalue weighted by molar-refractivity contribution is 0.0469. The van der Waals surface area contributed by atoms with Gasteiger partial charge in [0.1, 0.15) is 17.9 Å². The van der Waals surface area contributed by atoms with E-state index in [1.165, 1.54) is 29.6 Å². The number of carbonyl (C=O) groups is 1. The summed E-state index contributed by atoms with van der Waals surface area (Å²) in [5.74, 6) is -0.265. The fourth-order valence-electron chi connectivity index (χ4n) is 2.80. The number of esters is 1. The Morgan fingerprint density at radius 1 is 1.18 bits per heavy atom. The molecule has 9 heteroatoms. The van der Waals surface area contributed by atoms with Crippen LogP contribution >= 0.6 is 11.6 Å². The molecule has 1 fully saturated rings. The first-order valence-electron chi connectivity index (χ1n) is 8.59. The molecule has 0 spiro atoms. The SMILES string of the molecule is COc1ccc(Cl)cc1C(=O)OCc1cccc(S(=O)(=O)N2CCOCC2)c1. The smallest absolute Gasteiger partial charge is 0.342 e. The average Bonchev–Trinajstić information content (AvgIpc) is 2.72. The van der Waals surface area contributed by atoms with E-state index in [0.29, 0.717) is 42.6 Å². The van der Waals surface area contributed by atoms with E-state index in [4.69, 9.17) is 25.8 Å². The van der Waals surface area contributed by atoms with Crippen molar-refractivity contribution < 1.29 is 27.4 Å². The van der Waals surface area contributed by atoms with Crippen molar-refractivity contribution in [3.8, 4) is 5.75 Å². The molecule has 0 N–H and O–H groups in total. The number of ether oxygens (including phenoxy) is 3. The molecule has 2 aromatic carbocycles. The van der Waals surface area contributed by atoms with Crippen molar-refractivity contribution in [3.63, 3.8) is 0 Å². The van der Waals surface area contributed by atoms with Gasteiger partial charge in [-0.15, -0.1) is 0 Å². The molecule has 0 unspecified atom stereocenters. The number of methoxy groups -OCH3 is 1. The molecule has 0 bridgehead atoms. The Kier molecular flexibility index (Phi) is 6.56. The van der Waals surface area contributed by atoms with Gasteiger partial charge in [0.15, 0.2) is 0 Å². The van der Waals surface area contributed by atoms with E-state index in [9.17, 15) is 13.2 Å². The highest BCUT2D eigenvalue weighted by molar-refractivity contribution is 7.89. The maximum atomic E-state index is 12.8. The molecule has 0 atom stereocenters. The van der Waals surface area contributed by atoms with Crippen molar-refractivity contribution >= 4 is 27.6 Å². The van der Waals surface area contributed by atoms with Gasteiger partial charge in [0.25, 0.3) is 0 Å². The summed E-state index contributed by atoms with van der Waals surface area (Å²) in [5.41, 5.74) is 0.760. The lowest BCUT2D eigenvalue weighted by Crippen LogP contribution is -2.40. The lowest BCUT2D eigenvalue weighted by atomic mass is 10.2. The van der Waals surface area contributed by atoms with Crippen molar-refractivity contribution in [2.45, 2.75) is 11.5 Å². The summed E-state index contributed by atoms with van der Waals surface area (Å²) in [6, 6.07) is 11.0. The topological polar surface area (TPSA) is 82.1 Å². The monoisotopic (exact) mass is 425 g/mol. The molecule has 1 aliphatic heterocycles. The van der Waals surface area contributed by atoms with Crippen LogP contribution in [0.1, 0.15) is 15.9 Å². The Labute approximate surface area is 168 Å². The molecular weight excluding hydrogens is 406 g/mol. The van der Waals surface area contributed by atoms with E-state index >= 15 is 0 Å². The number of halogens is 1. The van der Waals surface area contributed by atoms with E-state index in [0.717, 1.165) is 0 Å². The third-order valence-electron chi connectivity index (χ3n) is 4.26. The molecule has 7 nitrogen and oxygen atoms in total. The van der Waals surface area contributed by atoms with Crippen molar-refractivity contribution in [1.29, 1.82) is 0 Å². The molecule has 0 radical (unpaired) electrons. The molecule has 0 saturated carbocycles. The molecule has 0 aromatic heterocycles. The van der Waals surface area contributed by atoms with E-state index in [1.807, 2.05) is 0 Å². The molecule has 28 heavy (non-hydrogen) atoms. The first-order valence-corrected chi connectivity index (χ1v) is 10.4. The number of hydrogen-bond donors (Lipinski definition) is 0. The summed E-state index contributed by atoms with van der Waals surface area (Å²) in [7, 11) is -2.17. The van der Waals surface area contributed by atoms with E-state index in [1.54, 1.807) is 24.3 Å². The highest BCUT2D eigenvalue weighted by atomic mass is 35.5. The number of benzene rings is 2. The molecule has 1 aliphatic rings. The van der Waals surface area contributed by atoms with Gasteiger partial charge in [-0.05, 0) is 35.9 Å². The Hall–Kier alpha value is -2.13. The van der Waals surface area contributed by atoms with Gasteiger partial charge >= 0.3 is 5.97 Å². The normalized spacial score (nSPS) is 15.2. The summed E-state index contributed by atoms with van der Waals surface area (Å²) in [6.07, 6.45) is 0. The van der Waals surface area contributed by atoms with Gasteiger partial charge in [-0.3, -0.25) is 0 Å². The number of sulfonamides is 1. The highest BCUT2D eigenvalue weighted by Gasteiger charge is 2.26. The molecule has 150 valence electrons. The van der Waals surface area contributed by atoms with Crippen LogP contribution < -0.4 is 4.74 Å². The predicted octanol–water partition coefficient (Wildman–Crippen LogP) is 2.73. The minimum atomic E-state index is -3.62. The molecule has 1 saturated heterocycles. The fourth-order valence-corrected chi connectivity index (χ4v) is 4.45. The molecular formula is C19H20ClNO6S. The van der Waals surface area contributed by atoms with Gasteiger partial charge in [-0.1, -0.05) is 23.7 Å². The van der Waals surface area contributed by atoms with Gasteiger partial charge < -0.3 is 14.2 Å². The second kappa shape index (κ2) is 8.91. The van der Waals surface area contributed by atoms with Crippen molar-refractivity contribution in [2.75, 3.05) is 33.4 Å². The van der Waals surface area contributed by atoms with Crippen LogP contribution in [-0.4, -0.2) is 52.1 Å². The molecule has 3 rings (SSSR count).